The minimum Gasteiger partial charge on any atom is -0.480 e. The van der Waals surface area contributed by atoms with Crippen molar-refractivity contribution in [3.05, 3.63) is 108 Å². The molecule has 0 bridgehead atoms. The summed E-state index contributed by atoms with van der Waals surface area (Å²) in [5, 5.41) is 3.07. The van der Waals surface area contributed by atoms with Gasteiger partial charge in [-0.05, 0) is 54.5 Å². The van der Waals surface area contributed by atoms with Crippen molar-refractivity contribution in [3.63, 3.8) is 0 Å². The number of amides is 2. The van der Waals surface area contributed by atoms with Crippen LogP contribution in [-0.4, -0.2) is 60.5 Å². The third kappa shape index (κ3) is 5.46. The van der Waals surface area contributed by atoms with Gasteiger partial charge in [-0.3, -0.25) is 14.4 Å². The summed E-state index contributed by atoms with van der Waals surface area (Å²) in [7, 11) is 1.49. The number of aromatic nitrogens is 1. The number of piperidine rings is 1. The fourth-order valence-electron chi connectivity index (χ4n) is 6.16. The maximum Gasteiger partial charge on any atom is 0.321 e. The van der Waals surface area contributed by atoms with Gasteiger partial charge >= 0.3 is 5.97 Å². The fraction of sp³-hybridized carbons (Fsp3) is 0.333. The second kappa shape index (κ2) is 12.4. The molecule has 0 spiro atoms. The van der Waals surface area contributed by atoms with Gasteiger partial charge < -0.3 is 19.7 Å². The predicted molar refractivity (Wildman–Crippen MR) is 155 cm³/mol. The number of carbonyl (C=O) groups is 3. The van der Waals surface area contributed by atoms with Crippen molar-refractivity contribution in [2.24, 2.45) is 0 Å². The molecule has 212 valence electrons. The van der Waals surface area contributed by atoms with E-state index in [1.807, 2.05) is 59.5 Å². The summed E-state index contributed by atoms with van der Waals surface area (Å²) >= 11 is 0. The zero-order chi connectivity index (χ0) is 28.8. The van der Waals surface area contributed by atoms with Crippen LogP contribution in [0.2, 0.25) is 0 Å². The largest absolute Gasteiger partial charge is 0.480 e. The first kappa shape index (κ1) is 28.1. The van der Waals surface area contributed by atoms with Gasteiger partial charge in [0.15, 0.2) is 0 Å². The molecular weight excluding hydrogens is 518 g/mol. The van der Waals surface area contributed by atoms with Crippen molar-refractivity contribution in [2.75, 3.05) is 26.8 Å². The summed E-state index contributed by atoms with van der Waals surface area (Å²) < 4.78 is 10.9. The first-order valence-corrected chi connectivity index (χ1v) is 14.0. The molecule has 1 N–H and O–H groups in total. The number of likely N-dealkylation sites (tertiary alicyclic amines) is 1. The van der Waals surface area contributed by atoms with Crippen LogP contribution in [-0.2, 0) is 19.7 Å². The van der Waals surface area contributed by atoms with Crippen LogP contribution in [0, 0.1) is 0 Å². The van der Waals surface area contributed by atoms with E-state index in [9.17, 15) is 14.4 Å². The summed E-state index contributed by atoms with van der Waals surface area (Å²) in [6, 6.07) is 20.7. The highest BCUT2D eigenvalue weighted by atomic mass is 16.5. The molecule has 0 saturated carbocycles. The van der Waals surface area contributed by atoms with Crippen molar-refractivity contribution in [3.8, 4) is 5.88 Å². The first-order valence-electron chi connectivity index (χ1n) is 14.0. The van der Waals surface area contributed by atoms with E-state index in [-0.39, 0.29) is 42.2 Å². The molecule has 1 saturated heterocycles. The molecule has 1 aliphatic carbocycles. The molecule has 8 heteroatoms. The zero-order valence-corrected chi connectivity index (χ0v) is 23.3. The van der Waals surface area contributed by atoms with Crippen LogP contribution in [0.15, 0.2) is 85.6 Å². The van der Waals surface area contributed by atoms with E-state index in [2.05, 4.69) is 16.9 Å². The molecule has 8 nitrogen and oxygen atoms in total. The summed E-state index contributed by atoms with van der Waals surface area (Å²) in [4.78, 5) is 46.4. The number of carbonyl (C=O) groups excluding carboxylic acids is 3. The number of nitrogens with zero attached hydrogens (tertiary/aromatic N) is 2. The maximum atomic E-state index is 13.9. The molecule has 2 heterocycles. The predicted octanol–water partition coefficient (Wildman–Crippen LogP) is 4.40. The Balaban J connectivity index is 1.33. The molecular formula is C33H35N3O5. The Kier molecular flexibility index (Phi) is 8.47. The van der Waals surface area contributed by atoms with Gasteiger partial charge in [-0.2, -0.15) is 0 Å². The monoisotopic (exact) mass is 553 g/mol. The summed E-state index contributed by atoms with van der Waals surface area (Å²) in [6.07, 6.45) is 5.42. The standard InChI is InChI=1S/C33H35N3O5/c1-3-22-41-32(39)33(23-10-5-4-6-11-23)18-15-26(25-12-7-8-14-28(25)33)31(38)36-20-16-24(17-21-36)35-29(37)27-13-9-19-34-30(27)40-2/h3-14,19,24,26H,1,15-18,20-22H2,2H3,(H,35,37)/t26-,33+/m0/s1. The Morgan fingerprint density at radius 2 is 1.76 bits per heavy atom. The minimum atomic E-state index is -0.998. The summed E-state index contributed by atoms with van der Waals surface area (Å²) in [5.74, 6) is -0.586. The number of pyridine rings is 1. The Labute approximate surface area is 240 Å². The highest BCUT2D eigenvalue weighted by molar-refractivity contribution is 5.96. The SMILES string of the molecule is C=CCOC(=O)[C@@]1(c2ccccc2)CC[C@H](C(=O)N2CCC(NC(=O)c3cccnc3OC)CC2)c2ccccc21. The number of ether oxygens (including phenoxy) is 2. The van der Waals surface area contributed by atoms with Crippen molar-refractivity contribution in [2.45, 2.75) is 43.1 Å². The first-order chi connectivity index (χ1) is 20.0. The topological polar surface area (TPSA) is 97.8 Å². The van der Waals surface area contributed by atoms with Gasteiger partial charge in [0.2, 0.25) is 11.8 Å². The van der Waals surface area contributed by atoms with Gasteiger partial charge in [-0.15, -0.1) is 0 Å². The number of nitrogens with one attached hydrogen (secondary N) is 1. The van der Waals surface area contributed by atoms with Crippen molar-refractivity contribution >= 4 is 17.8 Å². The van der Waals surface area contributed by atoms with Crippen LogP contribution in [0.5, 0.6) is 5.88 Å². The summed E-state index contributed by atoms with van der Waals surface area (Å²) in [5.41, 5.74) is 1.93. The fourth-order valence-corrected chi connectivity index (χ4v) is 6.16. The Bertz CT molecular complexity index is 1420. The number of benzene rings is 2. The molecule has 41 heavy (non-hydrogen) atoms. The molecule has 5 rings (SSSR count). The molecule has 0 unspecified atom stereocenters. The number of esters is 1. The molecule has 2 aromatic carbocycles. The third-order valence-electron chi connectivity index (χ3n) is 8.20. The quantitative estimate of drug-likeness (QED) is 0.328. The van der Waals surface area contributed by atoms with Gasteiger partial charge in [0.05, 0.1) is 13.0 Å². The molecule has 1 aliphatic heterocycles. The lowest BCUT2D eigenvalue weighted by Gasteiger charge is -2.42. The van der Waals surface area contributed by atoms with Gasteiger partial charge in [-0.25, -0.2) is 4.98 Å². The van der Waals surface area contributed by atoms with Crippen LogP contribution in [0.1, 0.15) is 58.6 Å². The number of hydrogen-bond donors (Lipinski definition) is 1. The van der Waals surface area contributed by atoms with Crippen molar-refractivity contribution < 1.29 is 23.9 Å². The molecule has 3 aromatic rings. The van der Waals surface area contributed by atoms with Gasteiger partial charge in [-0.1, -0.05) is 67.3 Å². The normalized spacial score (nSPS) is 20.4. The highest BCUT2D eigenvalue weighted by Crippen LogP contribution is 2.48. The lowest BCUT2D eigenvalue weighted by atomic mass is 9.63. The molecule has 1 fully saturated rings. The smallest absolute Gasteiger partial charge is 0.321 e. The summed E-state index contributed by atoms with van der Waals surface area (Å²) in [6.45, 7) is 4.89. The van der Waals surface area contributed by atoms with E-state index < -0.39 is 5.41 Å². The number of hydrogen-bond acceptors (Lipinski definition) is 6. The average Bonchev–Trinajstić information content (AvgIpc) is 3.03. The van der Waals surface area contributed by atoms with Gasteiger partial charge in [0, 0.05) is 25.3 Å². The lowest BCUT2D eigenvalue weighted by molar-refractivity contribution is -0.149. The van der Waals surface area contributed by atoms with Crippen LogP contribution < -0.4 is 10.1 Å². The van der Waals surface area contributed by atoms with Gasteiger partial charge in [0.25, 0.3) is 5.91 Å². The molecule has 2 aliphatic rings. The lowest BCUT2D eigenvalue weighted by Crippen LogP contribution is -2.49. The molecule has 2 amide bonds. The van der Waals surface area contributed by atoms with Crippen molar-refractivity contribution in [1.29, 1.82) is 0 Å². The minimum absolute atomic E-state index is 0.0530. The molecule has 1 aromatic heterocycles. The van der Waals surface area contributed by atoms with Crippen LogP contribution >= 0.6 is 0 Å². The van der Waals surface area contributed by atoms with E-state index in [4.69, 9.17) is 9.47 Å². The second-order valence-electron chi connectivity index (χ2n) is 10.5. The van der Waals surface area contributed by atoms with E-state index in [0.717, 1.165) is 16.7 Å². The molecule has 0 radical (unpaired) electrons. The Hall–Kier alpha value is -4.46. The number of rotatable bonds is 8. The van der Waals surface area contributed by atoms with Crippen LogP contribution in [0.4, 0.5) is 0 Å². The Morgan fingerprint density at radius 1 is 1.02 bits per heavy atom. The zero-order valence-electron chi connectivity index (χ0n) is 23.3. The highest BCUT2D eigenvalue weighted by Gasteiger charge is 2.50. The van der Waals surface area contributed by atoms with Crippen molar-refractivity contribution in [1.82, 2.24) is 15.2 Å². The second-order valence-corrected chi connectivity index (χ2v) is 10.5. The van der Waals surface area contributed by atoms with E-state index in [1.165, 1.54) is 7.11 Å². The number of methoxy groups -OCH3 is 1. The average molecular weight is 554 g/mol. The van der Waals surface area contributed by atoms with E-state index in [1.54, 1.807) is 24.4 Å². The van der Waals surface area contributed by atoms with Crippen LogP contribution in [0.25, 0.3) is 0 Å². The van der Waals surface area contributed by atoms with E-state index >= 15 is 0 Å². The third-order valence-corrected chi connectivity index (χ3v) is 8.20. The maximum absolute atomic E-state index is 13.9. The number of fused-ring (bicyclic) bond motifs is 1. The van der Waals surface area contributed by atoms with Crippen LogP contribution in [0.3, 0.4) is 0 Å². The van der Waals surface area contributed by atoms with E-state index in [0.29, 0.717) is 44.3 Å². The van der Waals surface area contributed by atoms with Gasteiger partial charge in [0.1, 0.15) is 17.6 Å². The Morgan fingerprint density at radius 3 is 2.49 bits per heavy atom. The molecule has 2 atom stereocenters.